The van der Waals surface area contributed by atoms with Crippen LogP contribution in [0.2, 0.25) is 0 Å². The number of carbonyl (C=O) groups excluding carboxylic acids is 2. The fourth-order valence-corrected chi connectivity index (χ4v) is 4.08. The Kier molecular flexibility index (Phi) is 3.83. The first kappa shape index (κ1) is 15.9. The average molecular weight is 335 g/mol. The van der Waals surface area contributed by atoms with Crippen LogP contribution in [0.4, 0.5) is 5.69 Å². The molecule has 1 aliphatic heterocycles. The smallest absolute Gasteiger partial charge is 0.337 e. The normalized spacial score (nSPS) is 20.7. The van der Waals surface area contributed by atoms with E-state index in [0.717, 1.165) is 24.1 Å². The maximum Gasteiger partial charge on any atom is 0.337 e. The first-order chi connectivity index (χ1) is 12.1. The van der Waals surface area contributed by atoms with Gasteiger partial charge < -0.3 is 10.1 Å². The standard InChI is InChI=1S/C21H21NO3/c1-12-15(9-13-5-3-4-6-16(12)13)11-18-17-10-14(21(24)25-2)7-8-19(17)22-20(18)23/h7-8,10-11H,3-6,9H2,1-2H3,(H,22,23). The third-order valence-electron chi connectivity index (χ3n) is 5.46. The van der Waals surface area contributed by atoms with E-state index >= 15 is 0 Å². The molecule has 0 radical (unpaired) electrons. The lowest BCUT2D eigenvalue weighted by molar-refractivity contribution is -0.110. The second kappa shape index (κ2) is 6.03. The Hall–Kier alpha value is -2.62. The van der Waals surface area contributed by atoms with E-state index in [-0.39, 0.29) is 5.91 Å². The molecule has 4 rings (SSSR count). The molecule has 1 amide bonds. The number of fused-ring (bicyclic) bond motifs is 1. The molecule has 0 bridgehead atoms. The van der Waals surface area contributed by atoms with Crippen LogP contribution in [0, 0.1) is 0 Å². The molecule has 4 nitrogen and oxygen atoms in total. The molecule has 0 fully saturated rings. The maximum absolute atomic E-state index is 12.5. The number of esters is 1. The second-order valence-corrected chi connectivity index (χ2v) is 6.88. The zero-order valence-corrected chi connectivity index (χ0v) is 14.6. The summed E-state index contributed by atoms with van der Waals surface area (Å²) >= 11 is 0. The summed E-state index contributed by atoms with van der Waals surface area (Å²) in [5, 5.41) is 2.89. The number of nitrogens with one attached hydrogen (secondary N) is 1. The van der Waals surface area contributed by atoms with Crippen molar-refractivity contribution in [2.45, 2.75) is 39.0 Å². The minimum Gasteiger partial charge on any atom is -0.465 e. The molecule has 4 heteroatoms. The van der Waals surface area contributed by atoms with Crippen molar-refractivity contribution >= 4 is 23.1 Å². The summed E-state index contributed by atoms with van der Waals surface area (Å²) in [6.45, 7) is 2.17. The molecule has 0 atom stereocenters. The largest absolute Gasteiger partial charge is 0.465 e. The van der Waals surface area contributed by atoms with Crippen molar-refractivity contribution in [1.29, 1.82) is 0 Å². The Labute approximate surface area is 147 Å². The highest BCUT2D eigenvalue weighted by Crippen LogP contribution is 2.43. The van der Waals surface area contributed by atoms with Gasteiger partial charge in [0.25, 0.3) is 5.91 Å². The number of hydrogen-bond donors (Lipinski definition) is 1. The molecule has 128 valence electrons. The van der Waals surface area contributed by atoms with E-state index in [0.29, 0.717) is 11.1 Å². The molecule has 0 spiro atoms. The van der Waals surface area contributed by atoms with Gasteiger partial charge in [-0.3, -0.25) is 4.79 Å². The van der Waals surface area contributed by atoms with E-state index in [1.165, 1.54) is 48.7 Å². The summed E-state index contributed by atoms with van der Waals surface area (Å²) in [7, 11) is 1.36. The molecule has 0 saturated carbocycles. The molecular weight excluding hydrogens is 314 g/mol. The van der Waals surface area contributed by atoms with E-state index < -0.39 is 5.97 Å². The van der Waals surface area contributed by atoms with Crippen LogP contribution in [0.3, 0.4) is 0 Å². The van der Waals surface area contributed by atoms with Crippen molar-refractivity contribution in [2.24, 2.45) is 0 Å². The number of ether oxygens (including phenoxy) is 1. The third kappa shape index (κ3) is 2.62. The second-order valence-electron chi connectivity index (χ2n) is 6.88. The van der Waals surface area contributed by atoms with E-state index in [1.54, 1.807) is 18.2 Å². The lowest BCUT2D eigenvalue weighted by atomic mass is 9.91. The van der Waals surface area contributed by atoms with Crippen LogP contribution in [0.5, 0.6) is 0 Å². The van der Waals surface area contributed by atoms with Gasteiger partial charge in [0.15, 0.2) is 0 Å². The minimum absolute atomic E-state index is 0.109. The van der Waals surface area contributed by atoms with Gasteiger partial charge in [-0.1, -0.05) is 5.57 Å². The molecule has 2 aliphatic carbocycles. The Morgan fingerprint density at radius 2 is 2.04 bits per heavy atom. The van der Waals surface area contributed by atoms with Crippen molar-refractivity contribution in [1.82, 2.24) is 0 Å². The SMILES string of the molecule is COC(=O)c1ccc2c(c1)C(=CC1=C(C)C3=C(CCCC3)C1)C(=O)N2. The van der Waals surface area contributed by atoms with Crippen LogP contribution in [0.1, 0.15) is 54.9 Å². The van der Waals surface area contributed by atoms with Crippen molar-refractivity contribution in [2.75, 3.05) is 12.4 Å². The van der Waals surface area contributed by atoms with Crippen LogP contribution in [0.15, 0.2) is 46.6 Å². The highest BCUT2D eigenvalue weighted by molar-refractivity contribution is 6.32. The van der Waals surface area contributed by atoms with Gasteiger partial charge in [0, 0.05) is 16.8 Å². The molecular formula is C21H21NO3. The topological polar surface area (TPSA) is 55.4 Å². The highest BCUT2D eigenvalue weighted by Gasteiger charge is 2.28. The van der Waals surface area contributed by atoms with Crippen LogP contribution < -0.4 is 5.32 Å². The van der Waals surface area contributed by atoms with Gasteiger partial charge in [0.2, 0.25) is 0 Å². The number of amides is 1. The van der Waals surface area contributed by atoms with Crippen molar-refractivity contribution < 1.29 is 14.3 Å². The van der Waals surface area contributed by atoms with Gasteiger partial charge in [0.1, 0.15) is 0 Å². The zero-order valence-electron chi connectivity index (χ0n) is 14.6. The summed E-state index contributed by atoms with van der Waals surface area (Å²) in [6.07, 6.45) is 7.81. The number of allylic oxidation sites excluding steroid dienone is 5. The number of carbonyl (C=O) groups is 2. The van der Waals surface area contributed by atoms with E-state index in [1.807, 2.05) is 6.08 Å². The summed E-state index contributed by atoms with van der Waals surface area (Å²) in [4.78, 5) is 24.3. The van der Waals surface area contributed by atoms with Gasteiger partial charge in [-0.15, -0.1) is 0 Å². The number of methoxy groups -OCH3 is 1. The van der Waals surface area contributed by atoms with Gasteiger partial charge in [-0.2, -0.15) is 0 Å². The van der Waals surface area contributed by atoms with E-state index in [9.17, 15) is 9.59 Å². The molecule has 0 saturated heterocycles. The monoisotopic (exact) mass is 335 g/mol. The van der Waals surface area contributed by atoms with Crippen LogP contribution in [0.25, 0.3) is 5.57 Å². The predicted molar refractivity (Wildman–Crippen MR) is 97.2 cm³/mol. The number of anilines is 1. The molecule has 25 heavy (non-hydrogen) atoms. The zero-order chi connectivity index (χ0) is 17.6. The summed E-state index contributed by atoms with van der Waals surface area (Å²) < 4.78 is 4.79. The predicted octanol–water partition coefficient (Wildman–Crippen LogP) is 4.40. The first-order valence-electron chi connectivity index (χ1n) is 8.75. The molecule has 1 aromatic rings. The number of hydrogen-bond acceptors (Lipinski definition) is 3. The third-order valence-corrected chi connectivity index (χ3v) is 5.46. The Morgan fingerprint density at radius 1 is 1.24 bits per heavy atom. The van der Waals surface area contributed by atoms with Gasteiger partial charge >= 0.3 is 5.97 Å². The average Bonchev–Trinajstić information content (AvgIpc) is 3.11. The van der Waals surface area contributed by atoms with E-state index in [4.69, 9.17) is 4.74 Å². The Morgan fingerprint density at radius 3 is 2.80 bits per heavy atom. The fraction of sp³-hybridized carbons (Fsp3) is 0.333. The first-order valence-corrected chi connectivity index (χ1v) is 8.75. The molecule has 1 aromatic carbocycles. The molecule has 3 aliphatic rings. The molecule has 1 heterocycles. The van der Waals surface area contributed by atoms with Gasteiger partial charge in [0.05, 0.1) is 12.7 Å². The number of rotatable bonds is 2. The lowest BCUT2D eigenvalue weighted by Gasteiger charge is -2.14. The van der Waals surface area contributed by atoms with Crippen LogP contribution >= 0.6 is 0 Å². The summed E-state index contributed by atoms with van der Waals surface area (Å²) in [6, 6.07) is 5.18. The Balaban J connectivity index is 1.73. The number of benzene rings is 1. The lowest BCUT2D eigenvalue weighted by Crippen LogP contribution is -2.04. The van der Waals surface area contributed by atoms with E-state index in [2.05, 4.69) is 12.2 Å². The van der Waals surface area contributed by atoms with Crippen molar-refractivity contribution in [3.63, 3.8) is 0 Å². The summed E-state index contributed by atoms with van der Waals surface area (Å²) in [5.74, 6) is -0.503. The molecule has 1 N–H and O–H groups in total. The van der Waals surface area contributed by atoms with Crippen molar-refractivity contribution in [3.8, 4) is 0 Å². The van der Waals surface area contributed by atoms with Gasteiger partial charge in [-0.25, -0.2) is 4.79 Å². The molecule has 0 aromatic heterocycles. The summed E-state index contributed by atoms with van der Waals surface area (Å²) in [5.41, 5.74) is 8.21. The maximum atomic E-state index is 12.5. The quantitative estimate of drug-likeness (QED) is 0.644. The van der Waals surface area contributed by atoms with Crippen molar-refractivity contribution in [3.05, 3.63) is 57.7 Å². The Bertz CT molecular complexity index is 886. The van der Waals surface area contributed by atoms with Crippen LogP contribution in [-0.2, 0) is 9.53 Å². The molecule has 0 unspecified atom stereocenters. The van der Waals surface area contributed by atoms with Crippen LogP contribution in [-0.4, -0.2) is 19.0 Å². The minimum atomic E-state index is -0.394. The highest BCUT2D eigenvalue weighted by atomic mass is 16.5. The fourth-order valence-electron chi connectivity index (χ4n) is 4.08. The van der Waals surface area contributed by atoms with Gasteiger partial charge in [-0.05, 0) is 80.0 Å².